The summed E-state index contributed by atoms with van der Waals surface area (Å²) in [6, 6.07) is 6.91. The Bertz CT molecular complexity index is 441. The van der Waals surface area contributed by atoms with Crippen LogP contribution in [-0.4, -0.2) is 6.61 Å². The van der Waals surface area contributed by atoms with Gasteiger partial charge in [-0.2, -0.15) is 0 Å². The van der Waals surface area contributed by atoms with Gasteiger partial charge in [-0.3, -0.25) is 0 Å². The normalized spacial score (nSPS) is 22.0. The van der Waals surface area contributed by atoms with Crippen molar-refractivity contribution in [1.29, 1.82) is 0 Å². The van der Waals surface area contributed by atoms with E-state index in [1.807, 2.05) is 0 Å². The minimum Gasteiger partial charge on any atom is -0.493 e. The molecule has 1 heteroatoms. The van der Waals surface area contributed by atoms with Gasteiger partial charge in [0.05, 0.1) is 6.61 Å². The van der Waals surface area contributed by atoms with Crippen molar-refractivity contribution in [3.05, 3.63) is 42.0 Å². The predicted octanol–water partition coefficient (Wildman–Crippen LogP) is 5.89. The summed E-state index contributed by atoms with van der Waals surface area (Å²) < 4.78 is 5.90. The summed E-state index contributed by atoms with van der Waals surface area (Å²) in [6.45, 7) is 9.16. The first-order valence-corrected chi connectivity index (χ1v) is 8.66. The molecular weight excluding hydrogens is 256 g/mol. The van der Waals surface area contributed by atoms with E-state index in [1.165, 1.54) is 43.2 Å². The molecule has 0 aromatic heterocycles. The zero-order valence-corrected chi connectivity index (χ0v) is 13.7. The monoisotopic (exact) mass is 286 g/mol. The first kappa shape index (κ1) is 16.1. The van der Waals surface area contributed by atoms with Crippen LogP contribution in [0.3, 0.4) is 0 Å². The zero-order valence-electron chi connectivity index (χ0n) is 13.7. The molecule has 0 aliphatic heterocycles. The molecule has 0 radical (unpaired) electrons. The molecule has 21 heavy (non-hydrogen) atoms. The van der Waals surface area contributed by atoms with Crippen molar-refractivity contribution in [2.75, 3.05) is 6.61 Å². The summed E-state index contributed by atoms with van der Waals surface area (Å²) >= 11 is 0. The van der Waals surface area contributed by atoms with Gasteiger partial charge in [0.1, 0.15) is 5.75 Å². The highest BCUT2D eigenvalue weighted by Crippen LogP contribution is 2.37. The lowest BCUT2D eigenvalue weighted by atomic mass is 9.78. The average molecular weight is 286 g/mol. The predicted molar refractivity (Wildman–Crippen MR) is 91.1 cm³/mol. The lowest BCUT2D eigenvalue weighted by Crippen LogP contribution is -2.12. The first-order chi connectivity index (χ1) is 10.3. The van der Waals surface area contributed by atoms with Gasteiger partial charge >= 0.3 is 0 Å². The molecule has 1 aromatic rings. The Hall–Kier alpha value is -1.24. The van der Waals surface area contributed by atoms with Crippen molar-refractivity contribution in [2.45, 2.75) is 64.7 Å². The lowest BCUT2D eigenvalue weighted by molar-refractivity contribution is 0.313. The quantitative estimate of drug-likeness (QED) is 0.568. The van der Waals surface area contributed by atoms with Gasteiger partial charge in [-0.15, -0.1) is 6.58 Å². The molecule has 0 saturated heterocycles. The Morgan fingerprint density at radius 3 is 2.52 bits per heavy atom. The van der Waals surface area contributed by atoms with Crippen LogP contribution in [0.25, 0.3) is 0 Å². The summed E-state index contributed by atoms with van der Waals surface area (Å²) in [7, 11) is 0. The van der Waals surface area contributed by atoms with E-state index in [-0.39, 0.29) is 0 Å². The number of benzene rings is 1. The molecule has 0 bridgehead atoms. The highest BCUT2D eigenvalue weighted by molar-refractivity contribution is 5.39. The Morgan fingerprint density at radius 2 is 1.90 bits per heavy atom. The molecule has 1 aliphatic carbocycles. The second kappa shape index (κ2) is 8.26. The summed E-state index contributed by atoms with van der Waals surface area (Å²) in [4.78, 5) is 0. The number of allylic oxidation sites excluding steroid dienone is 1. The molecule has 0 heterocycles. The number of hydrogen-bond donors (Lipinski definition) is 0. The van der Waals surface area contributed by atoms with Gasteiger partial charge in [0, 0.05) is 0 Å². The second-order valence-corrected chi connectivity index (χ2v) is 6.31. The fourth-order valence-corrected chi connectivity index (χ4v) is 3.36. The summed E-state index contributed by atoms with van der Waals surface area (Å²) in [5.74, 6) is 2.57. The maximum absolute atomic E-state index is 5.90. The van der Waals surface area contributed by atoms with Gasteiger partial charge in [-0.1, -0.05) is 38.5 Å². The molecular formula is C20H30O. The van der Waals surface area contributed by atoms with Crippen molar-refractivity contribution in [3.8, 4) is 5.75 Å². The van der Waals surface area contributed by atoms with Crippen LogP contribution in [0, 0.1) is 5.92 Å². The van der Waals surface area contributed by atoms with Crippen LogP contribution in [0.4, 0.5) is 0 Å². The first-order valence-electron chi connectivity index (χ1n) is 8.66. The van der Waals surface area contributed by atoms with E-state index in [0.717, 1.165) is 37.0 Å². The lowest BCUT2D eigenvalue weighted by Gasteiger charge is -2.27. The van der Waals surface area contributed by atoms with E-state index in [0.29, 0.717) is 0 Å². The van der Waals surface area contributed by atoms with Gasteiger partial charge in [0.15, 0.2) is 0 Å². The fourth-order valence-electron chi connectivity index (χ4n) is 3.36. The molecule has 0 spiro atoms. The van der Waals surface area contributed by atoms with E-state index < -0.39 is 0 Å². The smallest absolute Gasteiger partial charge is 0.122 e. The molecule has 0 N–H and O–H groups in total. The van der Waals surface area contributed by atoms with Gasteiger partial charge in [0.2, 0.25) is 0 Å². The highest BCUT2D eigenvalue weighted by atomic mass is 16.5. The number of aryl methyl sites for hydroxylation is 1. The number of hydrogen-bond acceptors (Lipinski definition) is 1. The standard InChI is InChI=1S/C20H30O/c1-4-7-19-15-18(12-13-20(19)21-14-5-2)17-10-8-16(6-3)9-11-17/h6,12-13,15-17H,3-5,7-11,14H2,1-2H3. The van der Waals surface area contributed by atoms with Gasteiger partial charge in [-0.05, 0) is 67.6 Å². The third-order valence-corrected chi connectivity index (χ3v) is 4.64. The van der Waals surface area contributed by atoms with Crippen LogP contribution < -0.4 is 4.74 Å². The van der Waals surface area contributed by atoms with Crippen LogP contribution in [0.15, 0.2) is 30.9 Å². The van der Waals surface area contributed by atoms with Crippen LogP contribution in [0.1, 0.15) is 69.4 Å². The van der Waals surface area contributed by atoms with E-state index in [2.05, 4.69) is 44.7 Å². The van der Waals surface area contributed by atoms with Crippen molar-refractivity contribution in [3.63, 3.8) is 0 Å². The number of ether oxygens (including phenoxy) is 1. The van der Waals surface area contributed by atoms with Crippen molar-refractivity contribution in [1.82, 2.24) is 0 Å². The zero-order chi connectivity index (χ0) is 15.1. The maximum atomic E-state index is 5.90. The second-order valence-electron chi connectivity index (χ2n) is 6.31. The Balaban J connectivity index is 2.09. The third-order valence-electron chi connectivity index (χ3n) is 4.64. The Morgan fingerprint density at radius 1 is 1.14 bits per heavy atom. The topological polar surface area (TPSA) is 9.23 Å². The molecule has 1 saturated carbocycles. The molecule has 1 aromatic carbocycles. The fraction of sp³-hybridized carbons (Fsp3) is 0.600. The van der Waals surface area contributed by atoms with E-state index in [9.17, 15) is 0 Å². The summed E-state index contributed by atoms with van der Waals surface area (Å²) in [6.07, 6.45) is 10.7. The van der Waals surface area contributed by atoms with Crippen molar-refractivity contribution >= 4 is 0 Å². The summed E-state index contributed by atoms with van der Waals surface area (Å²) in [5.41, 5.74) is 2.92. The van der Waals surface area contributed by atoms with Crippen LogP contribution >= 0.6 is 0 Å². The van der Waals surface area contributed by atoms with E-state index >= 15 is 0 Å². The minimum atomic E-state index is 0.733. The van der Waals surface area contributed by atoms with Crippen molar-refractivity contribution < 1.29 is 4.74 Å². The third kappa shape index (κ3) is 4.36. The van der Waals surface area contributed by atoms with Crippen molar-refractivity contribution in [2.24, 2.45) is 5.92 Å². The minimum absolute atomic E-state index is 0.733. The molecule has 0 amide bonds. The molecule has 116 valence electrons. The van der Waals surface area contributed by atoms with Crippen LogP contribution in [-0.2, 0) is 6.42 Å². The molecule has 1 aliphatic rings. The van der Waals surface area contributed by atoms with Gasteiger partial charge in [-0.25, -0.2) is 0 Å². The SMILES string of the molecule is C=CC1CCC(c2ccc(OCCC)c(CCC)c2)CC1. The largest absolute Gasteiger partial charge is 0.493 e. The molecule has 0 atom stereocenters. The Kier molecular flexibility index (Phi) is 6.35. The van der Waals surface area contributed by atoms with Gasteiger partial charge < -0.3 is 4.74 Å². The Labute approximate surface area is 130 Å². The highest BCUT2D eigenvalue weighted by Gasteiger charge is 2.21. The van der Waals surface area contributed by atoms with Crippen LogP contribution in [0.5, 0.6) is 5.75 Å². The average Bonchev–Trinajstić information content (AvgIpc) is 2.54. The molecule has 1 fully saturated rings. The number of rotatable bonds is 7. The van der Waals surface area contributed by atoms with Crippen LogP contribution in [0.2, 0.25) is 0 Å². The van der Waals surface area contributed by atoms with Gasteiger partial charge in [0.25, 0.3) is 0 Å². The molecule has 1 nitrogen and oxygen atoms in total. The maximum Gasteiger partial charge on any atom is 0.122 e. The molecule has 0 unspecified atom stereocenters. The van der Waals surface area contributed by atoms with E-state index in [1.54, 1.807) is 0 Å². The molecule has 2 rings (SSSR count). The van der Waals surface area contributed by atoms with E-state index in [4.69, 9.17) is 4.74 Å². The summed E-state index contributed by atoms with van der Waals surface area (Å²) in [5, 5.41) is 0.